The molecule has 1 aliphatic heterocycles. The van der Waals surface area contributed by atoms with Crippen molar-refractivity contribution in [1.82, 2.24) is 9.29 Å². The van der Waals surface area contributed by atoms with E-state index in [0.29, 0.717) is 46.2 Å². The number of anilines is 1. The van der Waals surface area contributed by atoms with Gasteiger partial charge in [0.05, 0.1) is 16.3 Å². The first-order valence-electron chi connectivity index (χ1n) is 11.6. The lowest BCUT2D eigenvalue weighted by Crippen LogP contribution is -2.35. The number of aromatic nitrogens is 1. The van der Waals surface area contributed by atoms with E-state index in [2.05, 4.69) is 10.3 Å². The number of carbonyl (C=O) groups is 1. The van der Waals surface area contributed by atoms with Gasteiger partial charge >= 0.3 is 0 Å². The summed E-state index contributed by atoms with van der Waals surface area (Å²) in [5.74, 6) is -0.709. The number of nitrogens with one attached hydrogen (secondary N) is 1. The molecule has 0 aliphatic carbocycles. The molecule has 1 aromatic heterocycles. The van der Waals surface area contributed by atoms with Crippen LogP contribution in [0.3, 0.4) is 0 Å². The third-order valence-electron chi connectivity index (χ3n) is 6.13. The standard InChI is InChI=1S/C27H24FN3O3S2/c28-23-10-4-2-8-21(23)27-30-25(18-35-27)22-9-3-5-11-24(22)29-26(32)19-12-14-20(15-13-19)36(33,34)31-16-6-1-7-17-31/h2-5,8-15,18H,1,6-7,16-17H2,(H,29,32). The van der Waals surface area contributed by atoms with Crippen molar-refractivity contribution in [3.8, 4) is 21.8 Å². The number of hydrogen-bond acceptors (Lipinski definition) is 5. The molecule has 9 heteroatoms. The van der Waals surface area contributed by atoms with Crippen molar-refractivity contribution in [1.29, 1.82) is 0 Å². The summed E-state index contributed by atoms with van der Waals surface area (Å²) >= 11 is 1.33. The van der Waals surface area contributed by atoms with Crippen LogP contribution in [0, 0.1) is 5.82 Å². The lowest BCUT2D eigenvalue weighted by Gasteiger charge is -2.25. The van der Waals surface area contributed by atoms with Gasteiger partial charge in [-0.1, -0.05) is 36.8 Å². The lowest BCUT2D eigenvalue weighted by molar-refractivity contribution is 0.102. The Morgan fingerprint density at radius 2 is 1.56 bits per heavy atom. The molecule has 0 unspecified atom stereocenters. The van der Waals surface area contributed by atoms with Crippen LogP contribution in [0.2, 0.25) is 0 Å². The Kier molecular flexibility index (Phi) is 6.95. The van der Waals surface area contributed by atoms with Crippen LogP contribution < -0.4 is 5.32 Å². The van der Waals surface area contributed by atoms with Crippen LogP contribution in [0.1, 0.15) is 29.6 Å². The van der Waals surface area contributed by atoms with Crippen LogP contribution in [0.4, 0.5) is 10.1 Å². The van der Waals surface area contributed by atoms with Gasteiger partial charge in [-0.2, -0.15) is 4.31 Å². The predicted octanol–water partition coefficient (Wildman–Crippen LogP) is 6.04. The Morgan fingerprint density at radius 3 is 2.28 bits per heavy atom. The fraction of sp³-hybridized carbons (Fsp3) is 0.185. The number of para-hydroxylation sites is 1. The van der Waals surface area contributed by atoms with E-state index in [1.807, 2.05) is 17.5 Å². The molecule has 0 radical (unpaired) electrons. The van der Waals surface area contributed by atoms with Crippen molar-refractivity contribution >= 4 is 33.0 Å². The van der Waals surface area contributed by atoms with Gasteiger partial charge in [0, 0.05) is 35.2 Å². The Hall–Kier alpha value is -3.40. The highest BCUT2D eigenvalue weighted by atomic mass is 32.2. The molecule has 0 spiro atoms. The SMILES string of the molecule is O=C(Nc1ccccc1-c1csc(-c2ccccc2F)n1)c1ccc(S(=O)(=O)N2CCCCC2)cc1. The van der Waals surface area contributed by atoms with E-state index < -0.39 is 10.0 Å². The molecule has 0 bridgehead atoms. The molecule has 1 saturated heterocycles. The third-order valence-corrected chi connectivity index (χ3v) is 8.92. The second-order valence-corrected chi connectivity index (χ2v) is 11.3. The van der Waals surface area contributed by atoms with Crippen molar-refractivity contribution in [3.05, 3.63) is 89.6 Å². The van der Waals surface area contributed by atoms with Gasteiger partial charge in [-0.3, -0.25) is 4.79 Å². The van der Waals surface area contributed by atoms with Crippen LogP contribution in [0.25, 0.3) is 21.8 Å². The summed E-state index contributed by atoms with van der Waals surface area (Å²) in [7, 11) is -3.56. The minimum atomic E-state index is -3.56. The summed E-state index contributed by atoms with van der Waals surface area (Å²) in [4.78, 5) is 17.8. The van der Waals surface area contributed by atoms with Gasteiger partial charge in [0.1, 0.15) is 10.8 Å². The van der Waals surface area contributed by atoms with E-state index in [4.69, 9.17) is 0 Å². The smallest absolute Gasteiger partial charge is 0.255 e. The zero-order chi connectivity index (χ0) is 25.1. The molecule has 2 heterocycles. The first-order valence-corrected chi connectivity index (χ1v) is 14.0. The summed E-state index contributed by atoms with van der Waals surface area (Å²) in [6.45, 7) is 1.05. The summed E-state index contributed by atoms with van der Waals surface area (Å²) in [6, 6.07) is 19.7. The number of carbonyl (C=O) groups excluding carboxylic acids is 1. The molecular weight excluding hydrogens is 497 g/mol. The van der Waals surface area contributed by atoms with E-state index in [9.17, 15) is 17.6 Å². The molecule has 1 amide bonds. The highest BCUT2D eigenvalue weighted by Crippen LogP contribution is 2.34. The Labute approximate surface area is 213 Å². The molecule has 4 aromatic rings. The number of hydrogen-bond donors (Lipinski definition) is 1. The number of piperidine rings is 1. The number of sulfonamides is 1. The maximum absolute atomic E-state index is 14.2. The monoisotopic (exact) mass is 521 g/mol. The highest BCUT2D eigenvalue weighted by Gasteiger charge is 2.26. The molecule has 0 saturated carbocycles. The minimum absolute atomic E-state index is 0.185. The quantitative estimate of drug-likeness (QED) is 0.335. The van der Waals surface area contributed by atoms with Gasteiger partial charge in [0.15, 0.2) is 0 Å². The van der Waals surface area contributed by atoms with Gasteiger partial charge in [-0.15, -0.1) is 11.3 Å². The second-order valence-electron chi connectivity index (χ2n) is 8.51. The van der Waals surface area contributed by atoms with E-state index in [-0.39, 0.29) is 16.6 Å². The molecule has 1 fully saturated rings. The van der Waals surface area contributed by atoms with Crippen molar-refractivity contribution < 1.29 is 17.6 Å². The normalized spacial score (nSPS) is 14.5. The number of nitrogens with zero attached hydrogens (tertiary/aromatic N) is 2. The number of amides is 1. The Balaban J connectivity index is 1.35. The highest BCUT2D eigenvalue weighted by molar-refractivity contribution is 7.89. The number of benzene rings is 3. The van der Waals surface area contributed by atoms with E-state index in [1.165, 1.54) is 46.0 Å². The van der Waals surface area contributed by atoms with Crippen LogP contribution in [0.15, 0.2) is 83.1 Å². The number of halogens is 1. The van der Waals surface area contributed by atoms with E-state index in [1.54, 1.807) is 30.3 Å². The molecule has 1 aliphatic rings. The van der Waals surface area contributed by atoms with Crippen LogP contribution in [-0.2, 0) is 10.0 Å². The summed E-state index contributed by atoms with van der Waals surface area (Å²) < 4.78 is 41.5. The van der Waals surface area contributed by atoms with Gasteiger partial charge < -0.3 is 5.32 Å². The van der Waals surface area contributed by atoms with Crippen molar-refractivity contribution in [3.63, 3.8) is 0 Å². The van der Waals surface area contributed by atoms with Gasteiger partial charge in [-0.05, 0) is 55.3 Å². The van der Waals surface area contributed by atoms with Gasteiger partial charge in [0.25, 0.3) is 5.91 Å². The molecule has 6 nitrogen and oxygen atoms in total. The van der Waals surface area contributed by atoms with Gasteiger partial charge in [0.2, 0.25) is 10.0 Å². The maximum Gasteiger partial charge on any atom is 0.255 e. The minimum Gasteiger partial charge on any atom is -0.321 e. The Bertz CT molecular complexity index is 1490. The molecular formula is C27H24FN3O3S2. The average molecular weight is 522 g/mol. The molecule has 5 rings (SSSR count). The zero-order valence-electron chi connectivity index (χ0n) is 19.4. The Morgan fingerprint density at radius 1 is 0.889 bits per heavy atom. The average Bonchev–Trinajstić information content (AvgIpc) is 3.40. The summed E-state index contributed by atoms with van der Waals surface area (Å²) in [6.07, 6.45) is 2.76. The van der Waals surface area contributed by atoms with E-state index >= 15 is 0 Å². The fourth-order valence-electron chi connectivity index (χ4n) is 4.20. The molecule has 184 valence electrons. The van der Waals surface area contributed by atoms with Crippen molar-refractivity contribution in [2.24, 2.45) is 0 Å². The predicted molar refractivity (Wildman–Crippen MR) is 140 cm³/mol. The summed E-state index contributed by atoms with van der Waals surface area (Å²) in [5.41, 5.74) is 2.64. The lowest BCUT2D eigenvalue weighted by atomic mass is 10.1. The third kappa shape index (κ3) is 4.95. The largest absolute Gasteiger partial charge is 0.321 e. The molecule has 0 atom stereocenters. The second kappa shape index (κ2) is 10.3. The maximum atomic E-state index is 14.2. The van der Waals surface area contributed by atoms with Gasteiger partial charge in [-0.25, -0.2) is 17.8 Å². The first-order chi connectivity index (χ1) is 17.4. The van der Waals surface area contributed by atoms with E-state index in [0.717, 1.165) is 19.3 Å². The zero-order valence-corrected chi connectivity index (χ0v) is 21.0. The topological polar surface area (TPSA) is 79.4 Å². The van der Waals surface area contributed by atoms with Crippen LogP contribution in [0.5, 0.6) is 0 Å². The fourth-order valence-corrected chi connectivity index (χ4v) is 6.56. The molecule has 1 N–H and O–H groups in total. The van der Waals surface area contributed by atoms with Crippen molar-refractivity contribution in [2.45, 2.75) is 24.2 Å². The van der Waals surface area contributed by atoms with Crippen LogP contribution in [-0.4, -0.2) is 36.7 Å². The molecule has 36 heavy (non-hydrogen) atoms. The first kappa shape index (κ1) is 24.3. The van der Waals surface area contributed by atoms with Crippen LogP contribution >= 0.6 is 11.3 Å². The number of thiazole rings is 1. The molecule has 3 aromatic carbocycles. The van der Waals surface area contributed by atoms with Crippen molar-refractivity contribution in [2.75, 3.05) is 18.4 Å². The summed E-state index contributed by atoms with van der Waals surface area (Å²) in [5, 5.41) is 5.28. The number of rotatable bonds is 6.